The third-order valence-corrected chi connectivity index (χ3v) is 15.2. The Labute approximate surface area is 433 Å². The molecule has 0 N–H and O–H groups in total. The van der Waals surface area contributed by atoms with Crippen LogP contribution >= 0.6 is 0 Å². The maximum atomic E-state index is 5.47. The first-order valence-electron chi connectivity index (χ1n) is 26.3. The van der Waals surface area contributed by atoms with Gasteiger partial charge in [-0.15, -0.1) is 0 Å². The summed E-state index contributed by atoms with van der Waals surface area (Å²) < 4.78 is 0. The van der Waals surface area contributed by atoms with Gasteiger partial charge in [-0.3, -0.25) is 15.0 Å². The Morgan fingerprint density at radius 3 is 1.95 bits per heavy atom. The first-order valence-corrected chi connectivity index (χ1v) is 26.3. The Hall–Kier alpha value is -8.01. The van der Waals surface area contributed by atoms with Gasteiger partial charge < -0.3 is 0 Å². The van der Waals surface area contributed by atoms with E-state index in [9.17, 15) is 0 Å². The first-order chi connectivity index (χ1) is 35.9. The summed E-state index contributed by atoms with van der Waals surface area (Å²) in [6.07, 6.45) is 21.9. The Morgan fingerprint density at radius 1 is 0.630 bits per heavy atom. The third kappa shape index (κ3) is 10.2. The Bertz CT molecular complexity index is 3540. The van der Waals surface area contributed by atoms with E-state index in [2.05, 4.69) is 234 Å². The van der Waals surface area contributed by atoms with E-state index in [4.69, 9.17) is 15.0 Å². The lowest BCUT2D eigenvalue weighted by Crippen LogP contribution is -2.30. The number of hydrogen-bond donors (Lipinski definition) is 0. The lowest BCUT2D eigenvalue weighted by Gasteiger charge is -2.39. The molecule has 0 amide bonds. The van der Waals surface area contributed by atoms with Gasteiger partial charge in [-0.05, 0) is 135 Å². The number of fused-ring (bicyclic) bond motifs is 3. The fraction of sp³-hybridized carbons (Fsp3) is 0.186. The van der Waals surface area contributed by atoms with Gasteiger partial charge >= 0.3 is 0 Å². The Balaban J connectivity index is 0.971. The number of nitrogens with zero attached hydrogens (tertiary/aromatic N) is 3. The highest BCUT2D eigenvalue weighted by Gasteiger charge is 2.35. The van der Waals surface area contributed by atoms with E-state index in [1.807, 2.05) is 13.3 Å². The molecule has 1 saturated carbocycles. The van der Waals surface area contributed by atoms with Crippen LogP contribution in [0.2, 0.25) is 0 Å². The lowest BCUT2D eigenvalue weighted by atomic mass is 9.65. The number of allylic oxidation sites excluding steroid dienone is 6. The van der Waals surface area contributed by atoms with Crippen LogP contribution in [0, 0.1) is 0 Å². The summed E-state index contributed by atoms with van der Waals surface area (Å²) in [5.74, 6) is 0. The first kappa shape index (κ1) is 48.6. The Morgan fingerprint density at radius 2 is 1.25 bits per heavy atom. The molecule has 360 valence electrons. The zero-order chi connectivity index (χ0) is 50.2. The molecule has 0 radical (unpaired) electrons. The van der Waals surface area contributed by atoms with Gasteiger partial charge in [0, 0.05) is 41.1 Å². The number of aryl methyl sites for hydroxylation is 2. The normalized spacial score (nSPS) is 15.5. The molecule has 8 aromatic rings. The molecule has 0 bridgehead atoms. The second kappa shape index (κ2) is 22.2. The van der Waals surface area contributed by atoms with E-state index in [-0.39, 0.29) is 5.41 Å². The van der Waals surface area contributed by atoms with Gasteiger partial charge in [-0.25, -0.2) is 0 Å². The van der Waals surface area contributed by atoms with Gasteiger partial charge in [-0.1, -0.05) is 227 Å². The molecule has 3 nitrogen and oxygen atoms in total. The Kier molecular flexibility index (Phi) is 14.8. The van der Waals surface area contributed by atoms with Crippen molar-refractivity contribution >= 4 is 62.2 Å². The molecular weight excluding hydrogens is 883 g/mol. The van der Waals surface area contributed by atoms with Crippen molar-refractivity contribution in [2.75, 3.05) is 7.05 Å². The SMILES string of the molecule is C=C(/C=C(\N=C(/C)c1ccc(C2(c3ccc(/C=N/C(=C\C(=N/C)c4cccc5ccccc45)c4cccc(CC)c4/C=C\C)cc3)CCCCC2)cc1)c1cccc2ccccc12)C1=CCCc2ccccc21. The fourth-order valence-electron chi connectivity index (χ4n) is 11.4. The maximum absolute atomic E-state index is 5.47. The zero-order valence-corrected chi connectivity index (χ0v) is 42.9. The van der Waals surface area contributed by atoms with Gasteiger partial charge in [-0.2, -0.15) is 0 Å². The number of aliphatic imine (C=N–C) groups is 3. The van der Waals surface area contributed by atoms with E-state index in [1.54, 1.807) is 0 Å². The minimum absolute atomic E-state index is 0.0781. The molecule has 0 saturated heterocycles. The minimum atomic E-state index is -0.0781. The molecule has 2 aliphatic carbocycles. The molecule has 0 heterocycles. The van der Waals surface area contributed by atoms with Crippen LogP contribution in [0.5, 0.6) is 0 Å². The van der Waals surface area contributed by atoms with Crippen LogP contribution in [-0.4, -0.2) is 24.7 Å². The van der Waals surface area contributed by atoms with Crippen molar-refractivity contribution in [3.63, 3.8) is 0 Å². The predicted octanol–water partition coefficient (Wildman–Crippen LogP) is 17.9. The highest BCUT2D eigenvalue weighted by molar-refractivity contribution is 6.19. The molecule has 0 aromatic heterocycles. The van der Waals surface area contributed by atoms with Gasteiger partial charge in [0.1, 0.15) is 0 Å². The molecule has 2 aliphatic rings. The number of rotatable bonds is 14. The van der Waals surface area contributed by atoms with Crippen LogP contribution < -0.4 is 0 Å². The molecule has 0 spiro atoms. The summed E-state index contributed by atoms with van der Waals surface area (Å²) in [5, 5.41) is 4.74. The smallest absolute Gasteiger partial charge is 0.0729 e. The van der Waals surface area contributed by atoms with Crippen molar-refractivity contribution in [2.24, 2.45) is 15.0 Å². The molecule has 0 aliphatic heterocycles. The van der Waals surface area contributed by atoms with Crippen LogP contribution in [-0.2, 0) is 18.3 Å². The van der Waals surface area contributed by atoms with E-state index >= 15 is 0 Å². The summed E-state index contributed by atoms with van der Waals surface area (Å²) in [7, 11) is 1.88. The van der Waals surface area contributed by atoms with Crippen molar-refractivity contribution in [3.8, 4) is 0 Å². The van der Waals surface area contributed by atoms with E-state index < -0.39 is 0 Å². The predicted molar refractivity (Wildman–Crippen MR) is 315 cm³/mol. The zero-order valence-electron chi connectivity index (χ0n) is 42.9. The molecular formula is C70H65N3. The highest BCUT2D eigenvalue weighted by Crippen LogP contribution is 2.45. The van der Waals surface area contributed by atoms with Crippen molar-refractivity contribution < 1.29 is 0 Å². The molecule has 73 heavy (non-hydrogen) atoms. The monoisotopic (exact) mass is 948 g/mol. The van der Waals surface area contributed by atoms with Gasteiger partial charge in [0.15, 0.2) is 0 Å². The molecule has 8 aromatic carbocycles. The standard InChI is InChI=1S/C70H65N3/c1-6-21-60-52(7-2)25-17-34-65(60)68(47-67(71-5)64-33-19-27-55-23-10-13-30-62(55)64)72-48-51-36-40-57(41-37-51)70(44-15-8-16-45-70)58-42-38-53(39-43-58)50(4)73-69(66-35-20-28-56-24-11-14-31-63(56)66)46-49(3)59-32-18-26-54-22-9-12-29-61(54)59/h6,9-14,17,19-25,27-43,46-48H,3,7-8,15-16,18,26,44-45H2,1-2,4-5H3/b21-6-,68-47-,69-46-,71-67+,72-48+,73-50+. The van der Waals surface area contributed by atoms with Gasteiger partial charge in [0.25, 0.3) is 0 Å². The van der Waals surface area contributed by atoms with Crippen molar-refractivity contribution in [2.45, 2.75) is 77.6 Å². The second-order valence-electron chi connectivity index (χ2n) is 19.6. The summed E-state index contributed by atoms with van der Waals surface area (Å²) >= 11 is 0. The quantitative estimate of drug-likeness (QED) is 0.0769. The molecule has 3 heteroatoms. The number of hydrogen-bond acceptors (Lipinski definition) is 3. The van der Waals surface area contributed by atoms with Crippen LogP contribution in [0.15, 0.2) is 227 Å². The van der Waals surface area contributed by atoms with Crippen LogP contribution in [0.4, 0.5) is 0 Å². The van der Waals surface area contributed by atoms with E-state index in [1.165, 1.54) is 79.8 Å². The summed E-state index contributed by atoms with van der Waals surface area (Å²) in [4.78, 5) is 15.7. The van der Waals surface area contributed by atoms with Gasteiger partial charge in [0.2, 0.25) is 0 Å². The fourth-order valence-corrected chi connectivity index (χ4v) is 11.4. The molecule has 0 unspecified atom stereocenters. The van der Waals surface area contributed by atoms with Crippen molar-refractivity contribution in [3.05, 3.63) is 274 Å². The van der Waals surface area contributed by atoms with Crippen LogP contribution in [0.1, 0.15) is 120 Å². The average molecular weight is 948 g/mol. The largest absolute Gasteiger partial charge is 0.288 e. The van der Waals surface area contributed by atoms with E-state index in [0.29, 0.717) is 0 Å². The highest BCUT2D eigenvalue weighted by atomic mass is 14.8. The van der Waals surface area contributed by atoms with Crippen molar-refractivity contribution in [1.82, 2.24) is 0 Å². The van der Waals surface area contributed by atoms with Crippen LogP contribution in [0.25, 0.3) is 44.6 Å². The van der Waals surface area contributed by atoms with Crippen molar-refractivity contribution in [1.29, 1.82) is 0 Å². The third-order valence-electron chi connectivity index (χ3n) is 15.2. The topological polar surface area (TPSA) is 37.1 Å². The van der Waals surface area contributed by atoms with Crippen LogP contribution in [0.3, 0.4) is 0 Å². The molecule has 10 rings (SSSR count). The van der Waals surface area contributed by atoms with Gasteiger partial charge in [0.05, 0.1) is 17.1 Å². The lowest BCUT2D eigenvalue weighted by molar-refractivity contribution is 0.346. The number of benzene rings is 8. The molecule has 0 atom stereocenters. The summed E-state index contributed by atoms with van der Waals surface area (Å²) in [6.45, 7) is 11.1. The maximum Gasteiger partial charge on any atom is 0.0729 e. The minimum Gasteiger partial charge on any atom is -0.288 e. The summed E-state index contributed by atoms with van der Waals surface area (Å²) in [6, 6.07) is 63.9. The summed E-state index contributed by atoms with van der Waals surface area (Å²) in [5.41, 5.74) is 19.1. The molecule has 1 fully saturated rings. The second-order valence-corrected chi connectivity index (χ2v) is 19.6. The average Bonchev–Trinajstić information content (AvgIpc) is 3.45. The van der Waals surface area contributed by atoms with E-state index in [0.717, 1.165) is 88.3 Å².